The summed E-state index contributed by atoms with van der Waals surface area (Å²) >= 11 is 0. The Labute approximate surface area is 183 Å². The Balaban J connectivity index is 2.65. The van der Waals surface area contributed by atoms with Gasteiger partial charge in [-0.25, -0.2) is 4.79 Å². The summed E-state index contributed by atoms with van der Waals surface area (Å²) in [5.74, 6) is -2.47. The minimum absolute atomic E-state index is 0.242. The zero-order chi connectivity index (χ0) is 23.2. The standard InChI is InChI=1S/C20H38N6O5/c1-13(17(27)26-16(20(30)31)8-3-5-11-22)24-19(29)15(7-2-4-10-21)25-18(28)14-9-6-12-23-14/h13-16,23H,2-12,21-22H2,1H3,(H,24,29)(H,25,28)(H,26,27)(H,30,31). The molecule has 1 aliphatic rings. The minimum atomic E-state index is -1.14. The number of aliphatic carboxylic acids is 1. The van der Waals surface area contributed by atoms with Gasteiger partial charge in [-0.2, -0.15) is 0 Å². The molecule has 4 atom stereocenters. The van der Waals surface area contributed by atoms with Crippen LogP contribution in [0.15, 0.2) is 0 Å². The summed E-state index contributed by atoms with van der Waals surface area (Å²) < 4.78 is 0. The van der Waals surface area contributed by atoms with Crippen molar-refractivity contribution in [3.63, 3.8) is 0 Å². The topological polar surface area (TPSA) is 189 Å². The summed E-state index contributed by atoms with van der Waals surface area (Å²) in [5, 5.41) is 20.2. The first-order valence-corrected chi connectivity index (χ1v) is 11.1. The van der Waals surface area contributed by atoms with Gasteiger partial charge < -0.3 is 37.8 Å². The van der Waals surface area contributed by atoms with Crippen LogP contribution in [0.3, 0.4) is 0 Å². The first kappa shape index (κ1) is 26.8. The van der Waals surface area contributed by atoms with E-state index in [4.69, 9.17) is 11.5 Å². The second-order valence-electron chi connectivity index (χ2n) is 7.91. The average molecular weight is 443 g/mol. The highest BCUT2D eigenvalue weighted by Gasteiger charge is 2.29. The number of hydrogen-bond acceptors (Lipinski definition) is 7. The van der Waals surface area contributed by atoms with Crippen molar-refractivity contribution in [2.24, 2.45) is 11.5 Å². The second-order valence-corrected chi connectivity index (χ2v) is 7.91. The SMILES string of the molecule is CC(NC(=O)C(CCCCN)NC(=O)C1CCCN1)C(=O)NC(CCCCN)C(=O)O. The Morgan fingerprint density at radius 2 is 1.55 bits per heavy atom. The number of carbonyl (C=O) groups is 4. The number of carboxylic acids is 1. The van der Waals surface area contributed by atoms with Crippen LogP contribution in [0.5, 0.6) is 0 Å². The van der Waals surface area contributed by atoms with Crippen LogP contribution in [0.1, 0.15) is 58.3 Å². The van der Waals surface area contributed by atoms with E-state index < -0.39 is 35.9 Å². The number of rotatable bonds is 15. The Hall–Kier alpha value is -2.24. The number of carbonyl (C=O) groups excluding carboxylic acids is 3. The van der Waals surface area contributed by atoms with Gasteiger partial charge in [-0.15, -0.1) is 0 Å². The van der Waals surface area contributed by atoms with Crippen LogP contribution in [-0.4, -0.2) is 72.6 Å². The molecule has 3 amide bonds. The highest BCUT2D eigenvalue weighted by molar-refractivity contribution is 5.93. The maximum atomic E-state index is 12.7. The minimum Gasteiger partial charge on any atom is -0.480 e. The molecule has 9 N–H and O–H groups in total. The maximum Gasteiger partial charge on any atom is 0.326 e. The molecule has 31 heavy (non-hydrogen) atoms. The Bertz CT molecular complexity index is 597. The third kappa shape index (κ3) is 10.1. The lowest BCUT2D eigenvalue weighted by Gasteiger charge is -2.23. The van der Waals surface area contributed by atoms with Gasteiger partial charge in [-0.3, -0.25) is 14.4 Å². The monoisotopic (exact) mass is 442 g/mol. The van der Waals surface area contributed by atoms with Gasteiger partial charge in [0.2, 0.25) is 17.7 Å². The van der Waals surface area contributed by atoms with E-state index in [1.165, 1.54) is 6.92 Å². The molecule has 1 fully saturated rings. The molecule has 0 aromatic heterocycles. The van der Waals surface area contributed by atoms with Crippen LogP contribution in [0.2, 0.25) is 0 Å². The molecule has 0 aromatic rings. The molecule has 1 rings (SSSR count). The number of amides is 3. The molecular formula is C20H38N6O5. The third-order valence-electron chi connectivity index (χ3n) is 5.27. The largest absolute Gasteiger partial charge is 0.480 e. The maximum absolute atomic E-state index is 12.7. The van der Waals surface area contributed by atoms with Crippen LogP contribution >= 0.6 is 0 Å². The average Bonchev–Trinajstić information content (AvgIpc) is 3.27. The zero-order valence-corrected chi connectivity index (χ0v) is 18.3. The van der Waals surface area contributed by atoms with Gasteiger partial charge >= 0.3 is 5.97 Å². The Morgan fingerprint density at radius 1 is 0.935 bits per heavy atom. The third-order valence-corrected chi connectivity index (χ3v) is 5.27. The van der Waals surface area contributed by atoms with E-state index in [-0.39, 0.29) is 18.4 Å². The van der Waals surface area contributed by atoms with E-state index in [9.17, 15) is 24.3 Å². The fourth-order valence-electron chi connectivity index (χ4n) is 3.37. The normalized spacial score (nSPS) is 18.6. The molecule has 11 nitrogen and oxygen atoms in total. The lowest BCUT2D eigenvalue weighted by molar-refractivity contribution is -0.142. The van der Waals surface area contributed by atoms with Gasteiger partial charge in [-0.1, -0.05) is 0 Å². The molecule has 1 heterocycles. The smallest absolute Gasteiger partial charge is 0.326 e. The predicted molar refractivity (Wildman–Crippen MR) is 116 cm³/mol. The predicted octanol–water partition coefficient (Wildman–Crippen LogP) is -1.44. The summed E-state index contributed by atoms with van der Waals surface area (Å²) in [6.07, 6.45) is 4.84. The molecule has 0 spiro atoms. The van der Waals surface area contributed by atoms with Crippen molar-refractivity contribution >= 4 is 23.7 Å². The number of unbranched alkanes of at least 4 members (excludes halogenated alkanes) is 2. The molecule has 1 aliphatic heterocycles. The quantitative estimate of drug-likeness (QED) is 0.150. The van der Waals surface area contributed by atoms with Crippen molar-refractivity contribution in [3.05, 3.63) is 0 Å². The van der Waals surface area contributed by atoms with Gasteiger partial charge in [0.05, 0.1) is 6.04 Å². The first-order valence-electron chi connectivity index (χ1n) is 11.1. The lowest BCUT2D eigenvalue weighted by atomic mass is 10.1. The van der Waals surface area contributed by atoms with E-state index in [1.807, 2.05) is 0 Å². The number of carboxylic acid groups (broad SMARTS) is 1. The van der Waals surface area contributed by atoms with E-state index in [2.05, 4.69) is 21.3 Å². The fourth-order valence-corrected chi connectivity index (χ4v) is 3.37. The molecule has 178 valence electrons. The van der Waals surface area contributed by atoms with Crippen molar-refractivity contribution in [1.82, 2.24) is 21.3 Å². The summed E-state index contributed by atoms with van der Waals surface area (Å²) in [6, 6.07) is -3.12. The van der Waals surface area contributed by atoms with E-state index >= 15 is 0 Å². The molecule has 0 saturated carbocycles. The summed E-state index contributed by atoms with van der Waals surface area (Å²) in [6.45, 7) is 3.16. The van der Waals surface area contributed by atoms with E-state index in [1.54, 1.807) is 0 Å². The number of nitrogens with one attached hydrogen (secondary N) is 4. The van der Waals surface area contributed by atoms with Crippen molar-refractivity contribution in [2.45, 2.75) is 82.5 Å². The van der Waals surface area contributed by atoms with Gasteiger partial charge in [0, 0.05) is 0 Å². The molecule has 0 aliphatic carbocycles. The highest BCUT2D eigenvalue weighted by atomic mass is 16.4. The van der Waals surface area contributed by atoms with Gasteiger partial charge in [-0.05, 0) is 77.9 Å². The molecule has 0 radical (unpaired) electrons. The van der Waals surface area contributed by atoms with E-state index in [0.717, 1.165) is 13.0 Å². The second kappa shape index (κ2) is 14.7. The molecule has 1 saturated heterocycles. The van der Waals surface area contributed by atoms with Crippen LogP contribution in [0.4, 0.5) is 0 Å². The van der Waals surface area contributed by atoms with Crippen LogP contribution in [0, 0.1) is 0 Å². The Kier molecular flexibility index (Phi) is 12.7. The van der Waals surface area contributed by atoms with Gasteiger partial charge in [0.1, 0.15) is 18.1 Å². The Morgan fingerprint density at radius 3 is 2.06 bits per heavy atom. The van der Waals surface area contributed by atoms with Crippen molar-refractivity contribution < 1.29 is 24.3 Å². The molecule has 4 unspecified atom stereocenters. The molecular weight excluding hydrogens is 404 g/mol. The number of hydrogen-bond donors (Lipinski definition) is 7. The van der Waals surface area contributed by atoms with Gasteiger partial charge in [0.25, 0.3) is 0 Å². The molecule has 0 bridgehead atoms. The summed E-state index contributed by atoms with van der Waals surface area (Å²) in [7, 11) is 0. The van der Waals surface area contributed by atoms with Crippen LogP contribution in [0.25, 0.3) is 0 Å². The number of nitrogens with two attached hydrogens (primary N) is 2. The first-order chi connectivity index (χ1) is 14.8. The van der Waals surface area contributed by atoms with Crippen LogP contribution < -0.4 is 32.7 Å². The summed E-state index contributed by atoms with van der Waals surface area (Å²) in [5.41, 5.74) is 10.9. The fraction of sp³-hybridized carbons (Fsp3) is 0.800. The highest BCUT2D eigenvalue weighted by Crippen LogP contribution is 2.08. The molecule has 0 aromatic carbocycles. The lowest BCUT2D eigenvalue weighted by Crippen LogP contribution is -2.56. The van der Waals surface area contributed by atoms with E-state index in [0.29, 0.717) is 51.6 Å². The zero-order valence-electron chi connectivity index (χ0n) is 18.3. The molecule has 11 heteroatoms. The van der Waals surface area contributed by atoms with Crippen LogP contribution in [-0.2, 0) is 19.2 Å². The summed E-state index contributed by atoms with van der Waals surface area (Å²) in [4.78, 5) is 49.0. The van der Waals surface area contributed by atoms with Crippen molar-refractivity contribution in [3.8, 4) is 0 Å². The van der Waals surface area contributed by atoms with Gasteiger partial charge in [0.15, 0.2) is 0 Å². The van der Waals surface area contributed by atoms with Crippen molar-refractivity contribution in [1.29, 1.82) is 0 Å². The van der Waals surface area contributed by atoms with Crippen molar-refractivity contribution in [2.75, 3.05) is 19.6 Å².